The molecule has 166 valence electrons. The Bertz CT molecular complexity index is 1060. The van der Waals surface area contributed by atoms with E-state index >= 15 is 0 Å². The molecule has 2 fully saturated rings. The number of carbonyl (C=O) groups excluding carboxylic acids is 2. The number of hydrogen-bond acceptors (Lipinski definition) is 5. The summed E-state index contributed by atoms with van der Waals surface area (Å²) in [4.78, 5) is 29.3. The van der Waals surface area contributed by atoms with Crippen LogP contribution in [-0.4, -0.2) is 53.6 Å². The molecular weight excluding hydrogens is 428 g/mol. The summed E-state index contributed by atoms with van der Waals surface area (Å²) in [6.07, 6.45) is 1.10. The maximum atomic E-state index is 12.9. The number of nitriles is 1. The predicted octanol–water partition coefficient (Wildman–Crippen LogP) is 3.94. The van der Waals surface area contributed by atoms with E-state index in [0.29, 0.717) is 11.3 Å². The molecule has 7 nitrogen and oxygen atoms in total. The number of carbonyl (C=O) groups is 2. The maximum Gasteiger partial charge on any atom is 0.410 e. The normalized spacial score (nSPS) is 19.5. The van der Waals surface area contributed by atoms with E-state index in [1.54, 1.807) is 29.2 Å². The Labute approximate surface area is 192 Å². The molecule has 0 radical (unpaired) electrons. The number of nitrogens with one attached hydrogen (secondary N) is 1. The van der Waals surface area contributed by atoms with Crippen LogP contribution in [0.3, 0.4) is 0 Å². The molecular formula is C24H25ClN4O3. The molecule has 8 heteroatoms. The molecule has 0 unspecified atom stereocenters. The van der Waals surface area contributed by atoms with E-state index in [0.717, 1.165) is 43.1 Å². The van der Waals surface area contributed by atoms with Crippen molar-refractivity contribution >= 4 is 29.3 Å². The predicted molar refractivity (Wildman–Crippen MR) is 121 cm³/mol. The Morgan fingerprint density at radius 2 is 2.03 bits per heavy atom. The Morgan fingerprint density at radius 3 is 2.75 bits per heavy atom. The number of ether oxygens (including phenoxy) is 1. The van der Waals surface area contributed by atoms with Crippen LogP contribution in [-0.2, 0) is 16.1 Å². The average Bonchev–Trinajstić information content (AvgIpc) is 3.18. The Morgan fingerprint density at radius 1 is 1.25 bits per heavy atom. The van der Waals surface area contributed by atoms with Crippen molar-refractivity contribution < 1.29 is 14.3 Å². The quantitative estimate of drug-likeness (QED) is 0.742. The second-order valence-electron chi connectivity index (χ2n) is 8.27. The molecule has 1 N–H and O–H groups in total. The van der Waals surface area contributed by atoms with Crippen LogP contribution in [0.4, 0.5) is 10.5 Å². The van der Waals surface area contributed by atoms with E-state index in [9.17, 15) is 9.59 Å². The first-order chi connectivity index (χ1) is 15.4. The van der Waals surface area contributed by atoms with E-state index in [2.05, 4.69) is 22.4 Å². The minimum absolute atomic E-state index is 0.0346. The van der Waals surface area contributed by atoms with Gasteiger partial charge in [-0.15, -0.1) is 0 Å². The van der Waals surface area contributed by atoms with Gasteiger partial charge in [-0.1, -0.05) is 29.8 Å². The van der Waals surface area contributed by atoms with Gasteiger partial charge in [-0.2, -0.15) is 5.26 Å². The number of anilines is 1. The molecule has 2 aromatic carbocycles. The van der Waals surface area contributed by atoms with Crippen LogP contribution in [0.2, 0.25) is 5.02 Å². The highest BCUT2D eigenvalue weighted by Gasteiger charge is 2.43. The highest BCUT2D eigenvalue weighted by molar-refractivity contribution is 6.31. The molecule has 2 aromatic rings. The zero-order valence-electron chi connectivity index (χ0n) is 17.9. The summed E-state index contributed by atoms with van der Waals surface area (Å²) < 4.78 is 5.23. The third-order valence-electron chi connectivity index (χ3n) is 6.05. The molecule has 2 saturated heterocycles. The molecule has 1 atom stereocenters. The maximum absolute atomic E-state index is 12.9. The number of benzene rings is 2. The van der Waals surface area contributed by atoms with Crippen molar-refractivity contribution in [1.82, 2.24) is 9.80 Å². The number of piperidine rings is 1. The summed E-state index contributed by atoms with van der Waals surface area (Å²) in [5.41, 5.74) is 3.26. The van der Waals surface area contributed by atoms with Gasteiger partial charge in [0.15, 0.2) is 0 Å². The van der Waals surface area contributed by atoms with Crippen LogP contribution in [0.5, 0.6) is 0 Å². The van der Waals surface area contributed by atoms with Gasteiger partial charge in [-0.25, -0.2) is 4.79 Å². The summed E-state index contributed by atoms with van der Waals surface area (Å²) >= 11 is 6.12. The lowest BCUT2D eigenvalue weighted by atomic mass is 10.0. The van der Waals surface area contributed by atoms with Gasteiger partial charge in [-0.05, 0) is 55.2 Å². The van der Waals surface area contributed by atoms with Crippen molar-refractivity contribution in [3.63, 3.8) is 0 Å². The summed E-state index contributed by atoms with van der Waals surface area (Å²) in [5.74, 6) is -0.301. The second kappa shape index (κ2) is 9.60. The number of aryl methyl sites for hydroxylation is 1. The van der Waals surface area contributed by atoms with Gasteiger partial charge in [0.25, 0.3) is 5.91 Å². The third-order valence-corrected chi connectivity index (χ3v) is 6.48. The molecule has 0 aliphatic carbocycles. The third kappa shape index (κ3) is 4.87. The number of likely N-dealkylation sites (tertiary alicyclic amines) is 1. The molecule has 2 aliphatic rings. The molecule has 0 bridgehead atoms. The van der Waals surface area contributed by atoms with E-state index < -0.39 is 12.1 Å². The molecule has 2 aliphatic heterocycles. The van der Waals surface area contributed by atoms with Crippen LogP contribution in [0.1, 0.15) is 29.5 Å². The monoisotopic (exact) mass is 452 g/mol. The molecule has 0 spiro atoms. The number of hydrogen-bond donors (Lipinski definition) is 1. The smallest absolute Gasteiger partial charge is 0.410 e. The minimum Gasteiger partial charge on any atom is -0.447 e. The largest absolute Gasteiger partial charge is 0.447 e. The first-order valence-corrected chi connectivity index (χ1v) is 11.1. The van der Waals surface area contributed by atoms with E-state index in [-0.39, 0.29) is 18.6 Å². The molecule has 2 amide bonds. The molecule has 0 aromatic heterocycles. The van der Waals surface area contributed by atoms with Crippen molar-refractivity contribution in [2.75, 3.05) is 25.0 Å². The second-order valence-corrected chi connectivity index (χ2v) is 8.68. The van der Waals surface area contributed by atoms with Gasteiger partial charge in [-0.3, -0.25) is 14.6 Å². The zero-order chi connectivity index (χ0) is 22.7. The average molecular weight is 453 g/mol. The molecule has 32 heavy (non-hydrogen) atoms. The number of amides is 2. The van der Waals surface area contributed by atoms with Crippen molar-refractivity contribution in [3.05, 3.63) is 64.2 Å². The Hall–Kier alpha value is -3.08. The summed E-state index contributed by atoms with van der Waals surface area (Å²) in [7, 11) is 0. The van der Waals surface area contributed by atoms with Crippen molar-refractivity contribution in [2.24, 2.45) is 0 Å². The first kappa shape index (κ1) is 22.1. The fraction of sp³-hybridized carbons (Fsp3) is 0.375. The van der Waals surface area contributed by atoms with E-state index in [4.69, 9.17) is 21.6 Å². The van der Waals surface area contributed by atoms with Crippen molar-refractivity contribution in [1.29, 1.82) is 5.26 Å². The van der Waals surface area contributed by atoms with Gasteiger partial charge >= 0.3 is 6.09 Å². The summed E-state index contributed by atoms with van der Waals surface area (Å²) in [5, 5.41) is 12.6. The fourth-order valence-electron chi connectivity index (χ4n) is 4.35. The summed E-state index contributed by atoms with van der Waals surface area (Å²) in [6.45, 7) is 4.52. The van der Waals surface area contributed by atoms with Gasteiger partial charge < -0.3 is 10.1 Å². The molecule has 0 saturated carbocycles. The first-order valence-electron chi connectivity index (χ1n) is 10.7. The number of nitrogens with zero attached hydrogens (tertiary/aromatic N) is 3. The lowest BCUT2D eigenvalue weighted by molar-refractivity contribution is -0.120. The lowest BCUT2D eigenvalue weighted by Gasteiger charge is -2.37. The zero-order valence-corrected chi connectivity index (χ0v) is 18.6. The fourth-order valence-corrected chi connectivity index (χ4v) is 4.47. The Balaban J connectivity index is 1.37. The van der Waals surface area contributed by atoms with Crippen molar-refractivity contribution in [3.8, 4) is 6.07 Å². The van der Waals surface area contributed by atoms with Crippen LogP contribution in [0.15, 0.2) is 42.5 Å². The van der Waals surface area contributed by atoms with Gasteiger partial charge in [0.2, 0.25) is 0 Å². The topological polar surface area (TPSA) is 85.7 Å². The van der Waals surface area contributed by atoms with Crippen LogP contribution >= 0.6 is 11.6 Å². The van der Waals surface area contributed by atoms with Gasteiger partial charge in [0.1, 0.15) is 12.6 Å². The summed E-state index contributed by atoms with van der Waals surface area (Å²) in [6, 6.07) is 14.1. The molecule has 4 rings (SSSR count). The van der Waals surface area contributed by atoms with Crippen LogP contribution < -0.4 is 5.32 Å². The van der Waals surface area contributed by atoms with Crippen LogP contribution in [0.25, 0.3) is 0 Å². The number of halogens is 1. The number of cyclic esters (lactones) is 1. The SMILES string of the molecule is Cc1cc(CN2CCC(N3C(=O)OC[C@H]3C(=O)Nc3cccc(C#N)c3)CC2)ccc1Cl. The van der Waals surface area contributed by atoms with Crippen LogP contribution in [0, 0.1) is 18.3 Å². The Kier molecular flexibility index (Phi) is 6.63. The van der Waals surface area contributed by atoms with Gasteiger partial charge in [0, 0.05) is 36.4 Å². The van der Waals surface area contributed by atoms with Gasteiger partial charge in [0.05, 0.1) is 11.6 Å². The highest BCUT2D eigenvalue weighted by atomic mass is 35.5. The molecule has 2 heterocycles. The lowest BCUT2D eigenvalue weighted by Crippen LogP contribution is -2.51. The highest BCUT2D eigenvalue weighted by Crippen LogP contribution is 2.26. The van der Waals surface area contributed by atoms with E-state index in [1.807, 2.05) is 19.1 Å². The standard InChI is InChI=1S/C24H25ClN4O3/c1-16-11-18(5-6-21(16)25)14-28-9-7-20(8-10-28)29-22(15-32-24(29)31)23(30)27-19-4-2-3-17(12-19)13-26/h2-6,11-12,20,22H,7-10,14-15H2,1H3,(H,27,30)/t22-/m0/s1. The number of rotatable bonds is 5. The van der Waals surface area contributed by atoms with E-state index in [1.165, 1.54) is 5.56 Å². The minimum atomic E-state index is -0.677. The van der Waals surface area contributed by atoms with Crippen molar-refractivity contribution in [2.45, 2.75) is 38.4 Å².